The van der Waals surface area contributed by atoms with Crippen LogP contribution in [0.2, 0.25) is 0 Å². The summed E-state index contributed by atoms with van der Waals surface area (Å²) in [4.78, 5) is 14.7. The van der Waals surface area contributed by atoms with E-state index in [1.165, 1.54) is 0 Å². The molecule has 0 atom stereocenters. The second-order valence-electron chi connectivity index (χ2n) is 5.29. The molecule has 3 rings (SSSR count). The van der Waals surface area contributed by atoms with Gasteiger partial charge in [-0.05, 0) is 49.6 Å². The van der Waals surface area contributed by atoms with Crippen LogP contribution in [0.1, 0.15) is 34.2 Å². The van der Waals surface area contributed by atoms with Gasteiger partial charge in [-0.3, -0.25) is 4.79 Å². The van der Waals surface area contributed by atoms with Crippen molar-refractivity contribution < 1.29 is 4.79 Å². The third-order valence-corrected chi connectivity index (χ3v) is 3.80. The molecule has 0 bridgehead atoms. The molecule has 2 N–H and O–H groups in total. The minimum Gasteiger partial charge on any atom is -0.399 e. The van der Waals surface area contributed by atoms with Gasteiger partial charge in [-0.15, -0.1) is 0 Å². The zero-order valence-corrected chi connectivity index (χ0v) is 12.3. The van der Waals surface area contributed by atoms with Crippen molar-refractivity contribution in [3.05, 3.63) is 46.8 Å². The lowest BCUT2D eigenvalue weighted by molar-refractivity contribution is 0.0987. The SMILES string of the molecule is CCc1nnc(C)cc1C(=O)N1CCc2cc(N)ccc21. The van der Waals surface area contributed by atoms with Crippen molar-refractivity contribution in [2.24, 2.45) is 0 Å². The molecule has 2 heterocycles. The average Bonchev–Trinajstić information content (AvgIpc) is 2.89. The molecule has 1 amide bonds. The average molecular weight is 282 g/mol. The highest BCUT2D eigenvalue weighted by Gasteiger charge is 2.27. The van der Waals surface area contributed by atoms with Gasteiger partial charge in [0.05, 0.1) is 17.0 Å². The van der Waals surface area contributed by atoms with E-state index in [0.29, 0.717) is 18.5 Å². The van der Waals surface area contributed by atoms with Crippen molar-refractivity contribution in [2.75, 3.05) is 17.2 Å². The number of nitrogen functional groups attached to an aromatic ring is 1. The lowest BCUT2D eigenvalue weighted by Crippen LogP contribution is -2.30. The van der Waals surface area contributed by atoms with Crippen molar-refractivity contribution in [3.63, 3.8) is 0 Å². The maximum Gasteiger partial charge on any atom is 0.260 e. The lowest BCUT2D eigenvalue weighted by atomic mass is 10.1. The Hall–Kier alpha value is -2.43. The number of carbonyl (C=O) groups excluding carboxylic acids is 1. The molecule has 0 unspecified atom stereocenters. The summed E-state index contributed by atoms with van der Waals surface area (Å²) >= 11 is 0. The van der Waals surface area contributed by atoms with Gasteiger partial charge in [-0.25, -0.2) is 0 Å². The standard InChI is InChI=1S/C16H18N4O/c1-3-14-13(8-10(2)18-19-14)16(21)20-7-6-11-9-12(17)4-5-15(11)20/h4-5,8-9H,3,6-7,17H2,1-2H3. The molecule has 5 nitrogen and oxygen atoms in total. The van der Waals surface area contributed by atoms with Crippen LogP contribution in [0.15, 0.2) is 24.3 Å². The molecular formula is C16H18N4O. The van der Waals surface area contributed by atoms with E-state index < -0.39 is 0 Å². The molecule has 1 aromatic carbocycles. The van der Waals surface area contributed by atoms with Crippen LogP contribution in [0.4, 0.5) is 11.4 Å². The number of nitrogens with two attached hydrogens (primary N) is 1. The third-order valence-electron chi connectivity index (χ3n) is 3.80. The van der Waals surface area contributed by atoms with Gasteiger partial charge in [-0.2, -0.15) is 10.2 Å². The first-order chi connectivity index (χ1) is 10.1. The Labute approximate surface area is 123 Å². The molecule has 0 saturated carbocycles. The Bertz CT molecular complexity index is 711. The van der Waals surface area contributed by atoms with Gasteiger partial charge in [0.15, 0.2) is 0 Å². The highest BCUT2D eigenvalue weighted by Crippen LogP contribution is 2.31. The van der Waals surface area contributed by atoms with Crippen LogP contribution in [-0.2, 0) is 12.8 Å². The second-order valence-corrected chi connectivity index (χ2v) is 5.29. The molecule has 1 aliphatic heterocycles. The summed E-state index contributed by atoms with van der Waals surface area (Å²) in [5, 5.41) is 8.18. The summed E-state index contributed by atoms with van der Waals surface area (Å²) < 4.78 is 0. The minimum atomic E-state index is -0.00614. The molecule has 0 fully saturated rings. The maximum atomic E-state index is 12.9. The molecule has 5 heteroatoms. The van der Waals surface area contributed by atoms with Gasteiger partial charge in [-0.1, -0.05) is 6.92 Å². The number of benzene rings is 1. The molecule has 2 aromatic rings. The topological polar surface area (TPSA) is 72.1 Å². The summed E-state index contributed by atoms with van der Waals surface area (Å²) in [6, 6.07) is 7.52. The van der Waals surface area contributed by atoms with Crippen molar-refractivity contribution >= 4 is 17.3 Å². The van der Waals surface area contributed by atoms with Crippen molar-refractivity contribution in [2.45, 2.75) is 26.7 Å². The number of amides is 1. The first kappa shape index (κ1) is 13.5. The fourth-order valence-corrected chi connectivity index (χ4v) is 2.74. The molecule has 108 valence electrons. The van der Waals surface area contributed by atoms with Crippen LogP contribution < -0.4 is 10.6 Å². The van der Waals surface area contributed by atoms with Crippen LogP contribution in [0, 0.1) is 6.92 Å². The third kappa shape index (κ3) is 2.35. The van der Waals surface area contributed by atoms with Crippen LogP contribution in [0.5, 0.6) is 0 Å². The largest absolute Gasteiger partial charge is 0.399 e. The van der Waals surface area contributed by atoms with Gasteiger partial charge < -0.3 is 10.6 Å². The zero-order chi connectivity index (χ0) is 15.0. The Morgan fingerprint density at radius 1 is 1.33 bits per heavy atom. The number of aromatic nitrogens is 2. The smallest absolute Gasteiger partial charge is 0.260 e. The van der Waals surface area contributed by atoms with Crippen molar-refractivity contribution in [3.8, 4) is 0 Å². The summed E-state index contributed by atoms with van der Waals surface area (Å²) in [5.74, 6) is -0.00614. The molecule has 0 aliphatic carbocycles. The van der Waals surface area contributed by atoms with Gasteiger partial charge in [0.2, 0.25) is 0 Å². The minimum absolute atomic E-state index is 0.00614. The van der Waals surface area contributed by atoms with E-state index in [1.54, 1.807) is 0 Å². The molecule has 0 saturated heterocycles. The van der Waals surface area contributed by atoms with Gasteiger partial charge in [0.1, 0.15) is 0 Å². The Kier molecular flexibility index (Phi) is 3.33. The molecular weight excluding hydrogens is 264 g/mol. The van der Waals surface area contributed by atoms with Gasteiger partial charge >= 0.3 is 0 Å². The summed E-state index contributed by atoms with van der Waals surface area (Å²) in [7, 11) is 0. The Morgan fingerprint density at radius 3 is 2.90 bits per heavy atom. The van der Waals surface area contributed by atoms with Crippen molar-refractivity contribution in [1.29, 1.82) is 0 Å². The Morgan fingerprint density at radius 2 is 2.14 bits per heavy atom. The van der Waals surface area contributed by atoms with E-state index in [1.807, 2.05) is 43.0 Å². The maximum absolute atomic E-state index is 12.9. The quantitative estimate of drug-likeness (QED) is 0.856. The van der Waals surface area contributed by atoms with E-state index in [-0.39, 0.29) is 5.91 Å². The monoisotopic (exact) mass is 282 g/mol. The van der Waals surface area contributed by atoms with Crippen LogP contribution in [0.3, 0.4) is 0 Å². The zero-order valence-electron chi connectivity index (χ0n) is 12.3. The summed E-state index contributed by atoms with van der Waals surface area (Å²) in [6.45, 7) is 4.51. The fourth-order valence-electron chi connectivity index (χ4n) is 2.74. The normalized spacial score (nSPS) is 13.3. The predicted molar refractivity (Wildman–Crippen MR) is 82.4 cm³/mol. The number of aryl methyl sites for hydroxylation is 2. The fraction of sp³-hybridized carbons (Fsp3) is 0.312. The van der Waals surface area contributed by atoms with Gasteiger partial charge in [0, 0.05) is 17.9 Å². The van der Waals surface area contributed by atoms with Crippen LogP contribution in [-0.4, -0.2) is 22.6 Å². The molecule has 1 aliphatic rings. The summed E-state index contributed by atoms with van der Waals surface area (Å²) in [6.07, 6.45) is 1.53. The molecule has 0 radical (unpaired) electrons. The number of hydrogen-bond acceptors (Lipinski definition) is 4. The number of anilines is 2. The summed E-state index contributed by atoms with van der Waals surface area (Å²) in [5.41, 5.74) is 10.8. The number of hydrogen-bond donors (Lipinski definition) is 1. The van der Waals surface area contributed by atoms with Crippen LogP contribution in [0.25, 0.3) is 0 Å². The second kappa shape index (κ2) is 5.16. The Balaban J connectivity index is 2.00. The first-order valence-electron chi connectivity index (χ1n) is 7.13. The number of nitrogens with zero attached hydrogens (tertiary/aromatic N) is 3. The first-order valence-corrected chi connectivity index (χ1v) is 7.13. The predicted octanol–water partition coefficient (Wildman–Crippen LogP) is 2.13. The van der Waals surface area contributed by atoms with E-state index in [0.717, 1.165) is 34.7 Å². The van der Waals surface area contributed by atoms with Crippen molar-refractivity contribution in [1.82, 2.24) is 10.2 Å². The molecule has 1 aromatic heterocycles. The highest BCUT2D eigenvalue weighted by atomic mass is 16.2. The molecule has 21 heavy (non-hydrogen) atoms. The van der Waals surface area contributed by atoms with E-state index in [9.17, 15) is 4.79 Å². The van der Waals surface area contributed by atoms with Crippen LogP contribution >= 0.6 is 0 Å². The highest BCUT2D eigenvalue weighted by molar-refractivity contribution is 6.08. The molecule has 0 spiro atoms. The van der Waals surface area contributed by atoms with Gasteiger partial charge in [0.25, 0.3) is 5.91 Å². The van der Waals surface area contributed by atoms with E-state index >= 15 is 0 Å². The number of rotatable bonds is 2. The number of fused-ring (bicyclic) bond motifs is 1. The van der Waals surface area contributed by atoms with E-state index in [2.05, 4.69) is 10.2 Å². The lowest BCUT2D eigenvalue weighted by Gasteiger charge is -2.18. The number of carbonyl (C=O) groups is 1. The van der Waals surface area contributed by atoms with E-state index in [4.69, 9.17) is 5.73 Å².